The van der Waals surface area contributed by atoms with E-state index in [2.05, 4.69) is 5.32 Å². The number of anilines is 1. The number of methoxy groups -OCH3 is 2. The monoisotopic (exact) mass is 399 g/mol. The number of carbonyl (C=O) groups excluding carboxylic acids is 2. The standard InChI is InChI=1S/C20H21N3O4S/c1-11-8-13(12(2)22(11)3)9-15-18(24)21-20(28)23(19(15)25)16-7-6-14(26-4)10-17(16)27-5/h6-10H,1-5H3,(H,21,24,28)/b15-9-. The molecule has 0 bridgehead atoms. The van der Waals surface area contributed by atoms with Gasteiger partial charge in [0.05, 0.1) is 19.9 Å². The van der Waals surface area contributed by atoms with E-state index in [4.69, 9.17) is 21.7 Å². The second-order valence-corrected chi connectivity index (χ2v) is 6.77. The lowest BCUT2D eigenvalue weighted by molar-refractivity contribution is -0.122. The van der Waals surface area contributed by atoms with Gasteiger partial charge >= 0.3 is 0 Å². The lowest BCUT2D eigenvalue weighted by Crippen LogP contribution is -2.54. The number of aromatic nitrogens is 1. The third-order valence-corrected chi connectivity index (χ3v) is 5.13. The lowest BCUT2D eigenvalue weighted by atomic mass is 10.1. The summed E-state index contributed by atoms with van der Waals surface area (Å²) in [6.07, 6.45) is 1.59. The second-order valence-electron chi connectivity index (χ2n) is 6.38. The van der Waals surface area contributed by atoms with Crippen LogP contribution in [-0.2, 0) is 16.6 Å². The van der Waals surface area contributed by atoms with E-state index in [0.717, 1.165) is 17.0 Å². The van der Waals surface area contributed by atoms with Crippen molar-refractivity contribution in [2.24, 2.45) is 7.05 Å². The van der Waals surface area contributed by atoms with E-state index in [1.165, 1.54) is 19.1 Å². The average Bonchev–Trinajstić information content (AvgIpc) is 2.91. The van der Waals surface area contributed by atoms with Crippen LogP contribution in [-0.4, -0.2) is 35.7 Å². The van der Waals surface area contributed by atoms with Gasteiger partial charge < -0.3 is 14.0 Å². The zero-order valence-electron chi connectivity index (χ0n) is 16.3. The third kappa shape index (κ3) is 3.27. The Morgan fingerprint density at radius 1 is 1.11 bits per heavy atom. The van der Waals surface area contributed by atoms with Crippen LogP contribution in [0.25, 0.3) is 6.08 Å². The maximum absolute atomic E-state index is 13.2. The van der Waals surface area contributed by atoms with E-state index in [1.807, 2.05) is 31.5 Å². The van der Waals surface area contributed by atoms with Gasteiger partial charge in [-0.15, -0.1) is 0 Å². The third-order valence-electron chi connectivity index (χ3n) is 4.84. The summed E-state index contributed by atoms with van der Waals surface area (Å²) in [6, 6.07) is 6.93. The van der Waals surface area contributed by atoms with E-state index in [0.29, 0.717) is 17.2 Å². The molecule has 0 atom stereocenters. The largest absolute Gasteiger partial charge is 0.497 e. The molecule has 0 aliphatic carbocycles. The number of aryl methyl sites for hydroxylation is 1. The molecule has 1 aromatic carbocycles. The van der Waals surface area contributed by atoms with E-state index >= 15 is 0 Å². The first-order chi connectivity index (χ1) is 13.3. The molecule has 28 heavy (non-hydrogen) atoms. The van der Waals surface area contributed by atoms with Gasteiger partial charge in [0, 0.05) is 24.5 Å². The van der Waals surface area contributed by atoms with Crippen LogP contribution in [0, 0.1) is 13.8 Å². The maximum Gasteiger partial charge on any atom is 0.270 e. The fourth-order valence-corrected chi connectivity index (χ4v) is 3.31. The van der Waals surface area contributed by atoms with Crippen LogP contribution in [0.1, 0.15) is 17.0 Å². The summed E-state index contributed by atoms with van der Waals surface area (Å²) in [7, 11) is 4.96. The SMILES string of the molecule is COc1ccc(N2C(=O)/C(=C\c3cc(C)n(C)c3C)C(=O)NC2=S)c(OC)c1. The number of amides is 2. The molecule has 0 saturated carbocycles. The number of benzene rings is 1. The molecule has 1 aliphatic rings. The van der Waals surface area contributed by atoms with Crippen LogP contribution in [0.4, 0.5) is 5.69 Å². The van der Waals surface area contributed by atoms with Crippen molar-refractivity contribution in [2.45, 2.75) is 13.8 Å². The van der Waals surface area contributed by atoms with Gasteiger partial charge in [0.1, 0.15) is 17.1 Å². The Hall–Kier alpha value is -3.13. The molecule has 1 aliphatic heterocycles. The molecule has 0 unspecified atom stereocenters. The highest BCUT2D eigenvalue weighted by Crippen LogP contribution is 2.34. The normalized spacial score (nSPS) is 15.8. The average molecular weight is 399 g/mol. The molecular formula is C20H21N3O4S. The van der Waals surface area contributed by atoms with Gasteiger partial charge in [0.25, 0.3) is 11.8 Å². The number of thiocarbonyl (C=S) groups is 1. The summed E-state index contributed by atoms with van der Waals surface area (Å²) in [4.78, 5) is 26.9. The predicted octanol–water partition coefficient (Wildman–Crippen LogP) is 2.49. The van der Waals surface area contributed by atoms with Crippen molar-refractivity contribution in [3.63, 3.8) is 0 Å². The summed E-state index contributed by atoms with van der Waals surface area (Å²) in [5.74, 6) is -0.0683. The van der Waals surface area contributed by atoms with E-state index in [-0.39, 0.29) is 10.7 Å². The van der Waals surface area contributed by atoms with Gasteiger partial charge in [-0.1, -0.05) is 0 Å². The Kier molecular flexibility index (Phi) is 5.24. The minimum atomic E-state index is -0.528. The molecule has 8 heteroatoms. The maximum atomic E-state index is 13.2. The smallest absolute Gasteiger partial charge is 0.270 e. The number of nitrogens with zero attached hydrogens (tertiary/aromatic N) is 2. The van der Waals surface area contributed by atoms with Crippen molar-refractivity contribution in [1.82, 2.24) is 9.88 Å². The van der Waals surface area contributed by atoms with Crippen molar-refractivity contribution >= 4 is 40.9 Å². The molecule has 146 valence electrons. The highest BCUT2D eigenvalue weighted by molar-refractivity contribution is 7.80. The Labute approximate surface area is 168 Å². The van der Waals surface area contributed by atoms with Crippen LogP contribution < -0.4 is 19.7 Å². The number of hydrogen-bond acceptors (Lipinski definition) is 5. The topological polar surface area (TPSA) is 72.8 Å². The highest BCUT2D eigenvalue weighted by atomic mass is 32.1. The van der Waals surface area contributed by atoms with Gasteiger partial charge in [-0.3, -0.25) is 14.9 Å². The Bertz CT molecular complexity index is 1020. The molecule has 2 aromatic rings. The van der Waals surface area contributed by atoms with Crippen LogP contribution >= 0.6 is 12.2 Å². The zero-order chi connectivity index (χ0) is 20.6. The van der Waals surface area contributed by atoms with Crippen LogP contribution in [0.3, 0.4) is 0 Å². The number of carbonyl (C=O) groups is 2. The molecule has 1 saturated heterocycles. The highest BCUT2D eigenvalue weighted by Gasteiger charge is 2.36. The van der Waals surface area contributed by atoms with E-state index in [9.17, 15) is 9.59 Å². The first-order valence-corrected chi connectivity index (χ1v) is 8.95. The van der Waals surface area contributed by atoms with Gasteiger partial charge in [-0.25, -0.2) is 4.90 Å². The molecule has 7 nitrogen and oxygen atoms in total. The first kappa shape index (κ1) is 19.6. The summed E-state index contributed by atoms with van der Waals surface area (Å²) in [5, 5.41) is 2.58. The predicted molar refractivity (Wildman–Crippen MR) is 111 cm³/mol. The van der Waals surface area contributed by atoms with Crippen molar-refractivity contribution < 1.29 is 19.1 Å². The summed E-state index contributed by atoms with van der Waals surface area (Å²) in [5.41, 5.74) is 3.20. The second kappa shape index (κ2) is 7.47. The Morgan fingerprint density at radius 3 is 2.39 bits per heavy atom. The number of rotatable bonds is 4. The molecule has 2 amide bonds. The first-order valence-electron chi connectivity index (χ1n) is 8.55. The van der Waals surface area contributed by atoms with E-state index < -0.39 is 11.8 Å². The summed E-state index contributed by atoms with van der Waals surface area (Å²) in [6.45, 7) is 3.89. The fourth-order valence-electron chi connectivity index (χ4n) is 3.03. The minimum Gasteiger partial charge on any atom is -0.497 e. The zero-order valence-corrected chi connectivity index (χ0v) is 17.1. The lowest BCUT2D eigenvalue weighted by Gasteiger charge is -2.30. The van der Waals surface area contributed by atoms with Crippen molar-refractivity contribution in [3.8, 4) is 11.5 Å². The molecule has 0 radical (unpaired) electrons. The molecule has 2 heterocycles. The van der Waals surface area contributed by atoms with Crippen LogP contribution in [0.15, 0.2) is 29.8 Å². The quantitative estimate of drug-likeness (QED) is 0.486. The van der Waals surface area contributed by atoms with Crippen molar-refractivity contribution in [3.05, 3.63) is 46.8 Å². The number of nitrogens with one attached hydrogen (secondary N) is 1. The minimum absolute atomic E-state index is 0.000158. The molecule has 0 spiro atoms. The van der Waals surface area contributed by atoms with Gasteiger partial charge in [-0.2, -0.15) is 0 Å². The molecule has 1 aromatic heterocycles. The van der Waals surface area contributed by atoms with Crippen molar-refractivity contribution in [1.29, 1.82) is 0 Å². The fraction of sp³-hybridized carbons (Fsp3) is 0.250. The molecular weight excluding hydrogens is 378 g/mol. The molecule has 3 rings (SSSR count). The molecule has 1 fully saturated rings. The number of hydrogen-bond donors (Lipinski definition) is 1. The number of ether oxygens (including phenoxy) is 2. The summed E-state index contributed by atoms with van der Waals surface area (Å²) >= 11 is 5.26. The van der Waals surface area contributed by atoms with Crippen LogP contribution in [0.2, 0.25) is 0 Å². The van der Waals surface area contributed by atoms with Gasteiger partial charge in [-0.05, 0) is 55.9 Å². The summed E-state index contributed by atoms with van der Waals surface area (Å²) < 4.78 is 12.6. The van der Waals surface area contributed by atoms with Gasteiger partial charge in [0.15, 0.2) is 5.11 Å². The van der Waals surface area contributed by atoms with Crippen molar-refractivity contribution in [2.75, 3.05) is 19.1 Å². The van der Waals surface area contributed by atoms with Crippen LogP contribution in [0.5, 0.6) is 11.5 Å². The van der Waals surface area contributed by atoms with E-state index in [1.54, 1.807) is 24.3 Å². The Morgan fingerprint density at radius 2 is 1.82 bits per heavy atom. The molecule has 1 N–H and O–H groups in total. The Balaban J connectivity index is 2.08. The van der Waals surface area contributed by atoms with Gasteiger partial charge in [0.2, 0.25) is 0 Å².